The molecule has 0 aliphatic rings. The maximum atomic E-state index is 11.4. The summed E-state index contributed by atoms with van der Waals surface area (Å²) in [6.07, 6.45) is 2.03. The van der Waals surface area contributed by atoms with Crippen molar-refractivity contribution >= 4 is 22.5 Å². The Morgan fingerprint density at radius 3 is 2.46 bits per heavy atom. The van der Waals surface area contributed by atoms with Gasteiger partial charge >= 0.3 is 0 Å². The number of nitrogens with zero attached hydrogens (tertiary/aromatic N) is 2. The highest BCUT2D eigenvalue weighted by atomic mass is 16.1. The Balaban J connectivity index is 2.00. The quantitative estimate of drug-likeness (QED) is 0.533. The number of amides is 1. The first-order chi connectivity index (χ1) is 13.5. The minimum Gasteiger partial charge on any atom is -0.398 e. The molecule has 1 amide bonds. The van der Waals surface area contributed by atoms with Crippen molar-refractivity contribution < 1.29 is 4.79 Å². The molecule has 0 fully saturated rings. The van der Waals surface area contributed by atoms with Gasteiger partial charge in [-0.3, -0.25) is 4.79 Å². The second-order valence-corrected chi connectivity index (χ2v) is 6.69. The molecule has 0 bridgehead atoms. The molecule has 0 aliphatic heterocycles. The van der Waals surface area contributed by atoms with E-state index in [1.165, 1.54) is 0 Å². The van der Waals surface area contributed by atoms with Crippen LogP contribution in [0.2, 0.25) is 0 Å². The molecule has 0 aliphatic carbocycles. The van der Waals surface area contributed by atoms with Crippen molar-refractivity contribution in [3.63, 3.8) is 0 Å². The van der Waals surface area contributed by atoms with Crippen molar-refractivity contribution in [2.75, 3.05) is 5.73 Å². The Hall–Kier alpha value is -4.04. The van der Waals surface area contributed by atoms with E-state index in [1.807, 2.05) is 60.2 Å². The number of nitrogen functional groups attached to an aromatic ring is 1. The van der Waals surface area contributed by atoms with Crippen LogP contribution >= 0.6 is 0 Å². The Morgan fingerprint density at radius 1 is 1.04 bits per heavy atom. The van der Waals surface area contributed by atoms with E-state index >= 15 is 0 Å². The number of hydrogen-bond donors (Lipinski definition) is 2. The fourth-order valence-corrected chi connectivity index (χ4v) is 3.46. The molecule has 1 heterocycles. The van der Waals surface area contributed by atoms with Crippen molar-refractivity contribution in [1.29, 1.82) is 5.26 Å². The average molecular weight is 366 g/mol. The molecule has 0 radical (unpaired) electrons. The number of hydrogen-bond acceptors (Lipinski definition) is 3. The van der Waals surface area contributed by atoms with E-state index in [2.05, 4.69) is 6.07 Å². The molecule has 3 aromatic carbocycles. The van der Waals surface area contributed by atoms with Crippen LogP contribution in [0.25, 0.3) is 27.7 Å². The number of rotatable bonds is 3. The lowest BCUT2D eigenvalue weighted by Gasteiger charge is -2.07. The summed E-state index contributed by atoms with van der Waals surface area (Å²) in [5, 5.41) is 10.3. The smallest absolute Gasteiger partial charge is 0.248 e. The number of primary amides is 1. The summed E-state index contributed by atoms with van der Waals surface area (Å²) in [5.74, 6) is -0.460. The van der Waals surface area contributed by atoms with E-state index in [0.717, 1.165) is 39.0 Å². The first-order valence-corrected chi connectivity index (χ1v) is 8.80. The van der Waals surface area contributed by atoms with Gasteiger partial charge in [-0.25, -0.2) is 0 Å². The number of fused-ring (bicyclic) bond motifs is 1. The number of nitriles is 1. The number of anilines is 1. The van der Waals surface area contributed by atoms with Crippen molar-refractivity contribution in [2.45, 2.75) is 6.92 Å². The van der Waals surface area contributed by atoms with E-state index in [-0.39, 0.29) is 0 Å². The van der Waals surface area contributed by atoms with Gasteiger partial charge in [-0.05, 0) is 66.6 Å². The molecule has 136 valence electrons. The molecular formula is C23H18N4O. The topological polar surface area (TPSA) is 97.8 Å². The van der Waals surface area contributed by atoms with Crippen LogP contribution in [-0.4, -0.2) is 10.5 Å². The van der Waals surface area contributed by atoms with Gasteiger partial charge in [-0.15, -0.1) is 0 Å². The average Bonchev–Trinajstić information content (AvgIpc) is 3.08. The van der Waals surface area contributed by atoms with Crippen molar-refractivity contribution in [3.8, 4) is 22.9 Å². The first-order valence-electron chi connectivity index (χ1n) is 8.80. The number of carbonyl (C=O) groups excluding carboxylic acids is 1. The van der Waals surface area contributed by atoms with Crippen molar-refractivity contribution in [2.24, 2.45) is 5.73 Å². The Labute approximate surface area is 162 Å². The minimum absolute atomic E-state index is 0.457. The molecule has 4 N–H and O–H groups in total. The molecule has 5 heteroatoms. The monoisotopic (exact) mass is 366 g/mol. The molecule has 0 spiro atoms. The number of nitrogens with two attached hydrogens (primary N) is 2. The Bertz CT molecular complexity index is 1260. The Morgan fingerprint density at radius 2 is 1.79 bits per heavy atom. The second-order valence-electron chi connectivity index (χ2n) is 6.69. The summed E-state index contributed by atoms with van der Waals surface area (Å²) >= 11 is 0. The molecule has 0 unspecified atom stereocenters. The maximum absolute atomic E-state index is 11.4. The minimum atomic E-state index is -0.460. The predicted octanol–water partition coefficient (Wildman–Crippen LogP) is 4.16. The summed E-state index contributed by atoms with van der Waals surface area (Å²) in [7, 11) is 0. The molecular weight excluding hydrogens is 348 g/mol. The van der Waals surface area contributed by atoms with E-state index in [4.69, 9.17) is 11.5 Å². The van der Waals surface area contributed by atoms with Crippen molar-refractivity contribution in [3.05, 3.63) is 83.6 Å². The molecule has 0 saturated heterocycles. The SMILES string of the molecule is Cc1c(N)cccc1-c1cn(-c2ccc(C(N)=O)cc2)c2ccc(C#N)cc12. The first kappa shape index (κ1) is 17.4. The van der Waals surface area contributed by atoms with Gasteiger partial charge in [0.05, 0.1) is 17.1 Å². The van der Waals surface area contributed by atoms with Crippen LogP contribution in [-0.2, 0) is 0 Å². The fraction of sp³-hybridized carbons (Fsp3) is 0.0435. The summed E-state index contributed by atoms with van der Waals surface area (Å²) in [4.78, 5) is 11.4. The van der Waals surface area contributed by atoms with Crippen molar-refractivity contribution in [1.82, 2.24) is 4.57 Å². The number of carbonyl (C=O) groups is 1. The summed E-state index contributed by atoms with van der Waals surface area (Å²) < 4.78 is 2.04. The third kappa shape index (κ3) is 2.78. The largest absolute Gasteiger partial charge is 0.398 e. The highest BCUT2D eigenvalue weighted by molar-refractivity contribution is 5.99. The normalized spacial score (nSPS) is 10.7. The van der Waals surface area contributed by atoms with Gasteiger partial charge in [0.25, 0.3) is 0 Å². The maximum Gasteiger partial charge on any atom is 0.248 e. The molecule has 4 rings (SSSR count). The van der Waals surface area contributed by atoms with E-state index < -0.39 is 5.91 Å². The highest BCUT2D eigenvalue weighted by Crippen LogP contribution is 2.36. The van der Waals surface area contributed by atoms with Gasteiger partial charge in [0.1, 0.15) is 0 Å². The summed E-state index contributed by atoms with van der Waals surface area (Å²) in [6.45, 7) is 1.99. The molecule has 28 heavy (non-hydrogen) atoms. The summed E-state index contributed by atoms with van der Waals surface area (Å²) in [5.41, 5.74) is 18.1. The van der Waals surface area contributed by atoms with Gasteiger partial charge in [0, 0.05) is 34.1 Å². The lowest BCUT2D eigenvalue weighted by atomic mass is 9.98. The molecule has 1 aromatic heterocycles. The molecule has 4 aromatic rings. The van der Waals surface area contributed by atoms with Gasteiger partial charge in [-0.2, -0.15) is 5.26 Å². The predicted molar refractivity (Wildman–Crippen MR) is 111 cm³/mol. The van der Waals surface area contributed by atoms with E-state index in [0.29, 0.717) is 11.1 Å². The zero-order valence-corrected chi connectivity index (χ0v) is 15.3. The van der Waals surface area contributed by atoms with Crippen LogP contribution in [0, 0.1) is 18.3 Å². The van der Waals surface area contributed by atoms with E-state index in [1.54, 1.807) is 18.2 Å². The van der Waals surface area contributed by atoms with Crippen LogP contribution in [0.4, 0.5) is 5.69 Å². The zero-order valence-electron chi connectivity index (χ0n) is 15.3. The standard InChI is InChI=1S/C23H18N4O/c1-14-18(3-2-4-21(14)25)20-13-27(17-8-6-16(7-9-17)23(26)28)22-10-5-15(12-24)11-19(20)22/h2-11,13H,25H2,1H3,(H2,26,28). The number of benzene rings is 3. The Kier molecular flexibility index (Phi) is 4.10. The third-order valence-corrected chi connectivity index (χ3v) is 5.03. The van der Waals surface area contributed by atoms with Crippen LogP contribution in [0.15, 0.2) is 66.9 Å². The lowest BCUT2D eigenvalue weighted by molar-refractivity contribution is 0.100. The zero-order chi connectivity index (χ0) is 19.8. The summed E-state index contributed by atoms with van der Waals surface area (Å²) in [6, 6.07) is 20.8. The van der Waals surface area contributed by atoms with E-state index in [9.17, 15) is 10.1 Å². The second kappa shape index (κ2) is 6.60. The van der Waals surface area contributed by atoms with Crippen LogP contribution in [0.5, 0.6) is 0 Å². The third-order valence-electron chi connectivity index (χ3n) is 5.03. The molecule has 0 saturated carbocycles. The lowest BCUT2D eigenvalue weighted by Crippen LogP contribution is -2.10. The van der Waals surface area contributed by atoms with Gasteiger partial charge in [0.15, 0.2) is 0 Å². The fourth-order valence-electron chi connectivity index (χ4n) is 3.46. The van der Waals surface area contributed by atoms with Crippen LogP contribution in [0.1, 0.15) is 21.5 Å². The molecule has 0 atom stereocenters. The number of aromatic nitrogens is 1. The van der Waals surface area contributed by atoms with Gasteiger partial charge < -0.3 is 16.0 Å². The molecule has 5 nitrogen and oxygen atoms in total. The van der Waals surface area contributed by atoms with Crippen LogP contribution < -0.4 is 11.5 Å². The van der Waals surface area contributed by atoms with Crippen LogP contribution in [0.3, 0.4) is 0 Å². The van der Waals surface area contributed by atoms with Gasteiger partial charge in [0.2, 0.25) is 5.91 Å². The van der Waals surface area contributed by atoms with Gasteiger partial charge in [-0.1, -0.05) is 12.1 Å². The highest BCUT2D eigenvalue weighted by Gasteiger charge is 2.15.